The van der Waals surface area contributed by atoms with Gasteiger partial charge in [-0.25, -0.2) is 0 Å². The summed E-state index contributed by atoms with van der Waals surface area (Å²) in [6, 6.07) is 12.4. The number of aryl methyl sites for hydroxylation is 2. The molecule has 1 aliphatic rings. The molecule has 0 radical (unpaired) electrons. The second-order valence-corrected chi connectivity index (χ2v) is 8.99. The number of nitrogens with one attached hydrogen (secondary N) is 1. The second kappa shape index (κ2) is 10.3. The Morgan fingerprint density at radius 1 is 1.06 bits per heavy atom. The van der Waals surface area contributed by atoms with E-state index in [4.69, 9.17) is 4.74 Å². The molecule has 1 saturated heterocycles. The molecule has 5 heteroatoms. The maximum atomic E-state index is 13.0. The van der Waals surface area contributed by atoms with Crippen molar-refractivity contribution in [3.05, 3.63) is 58.7 Å². The lowest BCUT2D eigenvalue weighted by Crippen LogP contribution is -2.52. The molecule has 2 aromatic rings. The van der Waals surface area contributed by atoms with E-state index < -0.39 is 0 Å². The van der Waals surface area contributed by atoms with Crippen molar-refractivity contribution in [3.8, 4) is 5.75 Å². The van der Waals surface area contributed by atoms with Crippen LogP contribution < -0.4 is 10.1 Å². The number of rotatable bonds is 7. The van der Waals surface area contributed by atoms with Crippen LogP contribution in [0.1, 0.15) is 48.9 Å². The highest BCUT2D eigenvalue weighted by Crippen LogP contribution is 2.28. The van der Waals surface area contributed by atoms with Crippen LogP contribution in [-0.4, -0.2) is 55.0 Å². The molecule has 168 valence electrons. The normalized spacial score (nSPS) is 16.4. The summed E-state index contributed by atoms with van der Waals surface area (Å²) in [6.45, 7) is 15.0. The average Bonchev–Trinajstić information content (AvgIpc) is 2.75. The predicted octanol–water partition coefficient (Wildman–Crippen LogP) is 4.58. The lowest BCUT2D eigenvalue weighted by molar-refractivity contribution is -0.121. The summed E-state index contributed by atoms with van der Waals surface area (Å²) in [4.78, 5) is 17.8. The molecule has 0 aromatic heterocycles. The van der Waals surface area contributed by atoms with Crippen molar-refractivity contribution in [1.29, 1.82) is 0 Å². The Morgan fingerprint density at radius 3 is 2.42 bits per heavy atom. The number of nitrogens with zero attached hydrogens (tertiary/aromatic N) is 2. The summed E-state index contributed by atoms with van der Waals surface area (Å²) in [5.74, 6) is 1.39. The third-order valence-corrected chi connectivity index (χ3v) is 6.34. The number of carbonyl (C=O) groups excluding carboxylic acids is 1. The molecule has 1 amide bonds. The molecular formula is C26H37N3O2. The van der Waals surface area contributed by atoms with Gasteiger partial charge in [-0.05, 0) is 43.9 Å². The summed E-state index contributed by atoms with van der Waals surface area (Å²) in [5.41, 5.74) is 5.75. The number of piperazine rings is 1. The van der Waals surface area contributed by atoms with Crippen LogP contribution in [0.25, 0.3) is 0 Å². The van der Waals surface area contributed by atoms with Crippen LogP contribution in [0.3, 0.4) is 0 Å². The van der Waals surface area contributed by atoms with Crippen molar-refractivity contribution in [2.45, 2.75) is 53.1 Å². The second-order valence-electron chi connectivity index (χ2n) is 8.99. The zero-order valence-corrected chi connectivity index (χ0v) is 19.9. The molecule has 31 heavy (non-hydrogen) atoms. The first-order valence-corrected chi connectivity index (χ1v) is 11.3. The largest absolute Gasteiger partial charge is 0.496 e. The van der Waals surface area contributed by atoms with Gasteiger partial charge in [0.2, 0.25) is 5.91 Å². The van der Waals surface area contributed by atoms with Crippen molar-refractivity contribution in [2.24, 2.45) is 0 Å². The Kier molecular flexibility index (Phi) is 7.74. The number of carbonyl (C=O) groups is 1. The fourth-order valence-electron chi connectivity index (χ4n) is 4.32. The topological polar surface area (TPSA) is 44.8 Å². The van der Waals surface area contributed by atoms with Gasteiger partial charge in [0.15, 0.2) is 0 Å². The molecule has 0 aliphatic carbocycles. The SMILES string of the molecule is COc1ccc(C)cc1CN1CCN([C@@H](C)C(=O)Nc2c(C)cccc2C(C)C)CC1. The van der Waals surface area contributed by atoms with Gasteiger partial charge in [-0.1, -0.05) is 49.7 Å². The van der Waals surface area contributed by atoms with Crippen LogP contribution in [-0.2, 0) is 11.3 Å². The van der Waals surface area contributed by atoms with Crippen LogP contribution >= 0.6 is 0 Å². The number of hydrogen-bond acceptors (Lipinski definition) is 4. The fourth-order valence-corrected chi connectivity index (χ4v) is 4.32. The highest BCUT2D eigenvalue weighted by molar-refractivity contribution is 5.96. The van der Waals surface area contributed by atoms with Gasteiger partial charge in [-0.3, -0.25) is 14.6 Å². The molecule has 1 N–H and O–H groups in total. The molecule has 3 rings (SSSR count). The van der Waals surface area contributed by atoms with E-state index in [-0.39, 0.29) is 11.9 Å². The molecule has 0 spiro atoms. The van der Waals surface area contributed by atoms with E-state index >= 15 is 0 Å². The van der Waals surface area contributed by atoms with E-state index in [1.807, 2.05) is 13.0 Å². The van der Waals surface area contributed by atoms with E-state index in [1.54, 1.807) is 7.11 Å². The molecule has 2 aromatic carbocycles. The van der Waals surface area contributed by atoms with Gasteiger partial charge in [-0.2, -0.15) is 0 Å². The third kappa shape index (κ3) is 5.66. The minimum atomic E-state index is -0.157. The first kappa shape index (κ1) is 23.3. The van der Waals surface area contributed by atoms with Crippen molar-refractivity contribution >= 4 is 11.6 Å². The van der Waals surface area contributed by atoms with E-state index in [0.717, 1.165) is 49.7 Å². The number of anilines is 1. The molecular weight excluding hydrogens is 386 g/mol. The van der Waals surface area contributed by atoms with Crippen molar-refractivity contribution in [2.75, 3.05) is 38.6 Å². The quantitative estimate of drug-likeness (QED) is 0.708. The van der Waals surface area contributed by atoms with Gasteiger partial charge >= 0.3 is 0 Å². The number of hydrogen-bond donors (Lipinski definition) is 1. The standard InChI is InChI=1S/C26H37N3O2/c1-18(2)23-9-7-8-20(4)25(23)27-26(30)21(5)29-14-12-28(13-15-29)17-22-16-19(3)10-11-24(22)31-6/h7-11,16,18,21H,12-15,17H2,1-6H3,(H,27,30)/t21-/m0/s1. The smallest absolute Gasteiger partial charge is 0.241 e. The lowest BCUT2D eigenvalue weighted by atomic mass is 9.98. The van der Waals surface area contributed by atoms with Gasteiger partial charge in [0.25, 0.3) is 0 Å². The number of ether oxygens (including phenoxy) is 1. The van der Waals surface area contributed by atoms with Gasteiger partial charge in [-0.15, -0.1) is 0 Å². The van der Waals surface area contributed by atoms with Crippen LogP contribution in [0, 0.1) is 13.8 Å². The average molecular weight is 424 g/mol. The lowest BCUT2D eigenvalue weighted by Gasteiger charge is -2.37. The Hall–Kier alpha value is -2.37. The Bertz CT molecular complexity index is 902. The predicted molar refractivity (Wildman–Crippen MR) is 128 cm³/mol. The van der Waals surface area contributed by atoms with Crippen LogP contribution in [0.5, 0.6) is 5.75 Å². The fraction of sp³-hybridized carbons (Fsp3) is 0.500. The number of para-hydroxylation sites is 1. The zero-order valence-electron chi connectivity index (χ0n) is 19.9. The van der Waals surface area contributed by atoms with Crippen molar-refractivity contribution < 1.29 is 9.53 Å². The Morgan fingerprint density at radius 2 is 1.77 bits per heavy atom. The van der Waals surface area contributed by atoms with E-state index in [0.29, 0.717) is 5.92 Å². The highest BCUT2D eigenvalue weighted by atomic mass is 16.5. The molecule has 1 heterocycles. The summed E-state index contributed by atoms with van der Waals surface area (Å²) >= 11 is 0. The van der Waals surface area contributed by atoms with Crippen molar-refractivity contribution in [1.82, 2.24) is 9.80 Å². The van der Waals surface area contributed by atoms with E-state index in [1.165, 1.54) is 16.7 Å². The first-order chi connectivity index (χ1) is 14.8. The molecule has 0 saturated carbocycles. The molecule has 1 fully saturated rings. The van der Waals surface area contributed by atoms with Crippen LogP contribution in [0.2, 0.25) is 0 Å². The summed E-state index contributed by atoms with van der Waals surface area (Å²) in [5, 5.41) is 3.22. The first-order valence-electron chi connectivity index (χ1n) is 11.3. The number of amides is 1. The highest BCUT2D eigenvalue weighted by Gasteiger charge is 2.27. The van der Waals surface area contributed by atoms with Crippen LogP contribution in [0.4, 0.5) is 5.69 Å². The monoisotopic (exact) mass is 423 g/mol. The maximum Gasteiger partial charge on any atom is 0.241 e. The van der Waals surface area contributed by atoms with Crippen LogP contribution in [0.15, 0.2) is 36.4 Å². The van der Waals surface area contributed by atoms with E-state index in [9.17, 15) is 4.79 Å². The summed E-state index contributed by atoms with van der Waals surface area (Å²) in [7, 11) is 1.73. The molecule has 1 aliphatic heterocycles. The molecule has 0 unspecified atom stereocenters. The van der Waals surface area contributed by atoms with Gasteiger partial charge in [0.05, 0.1) is 13.2 Å². The van der Waals surface area contributed by atoms with E-state index in [2.05, 4.69) is 73.1 Å². The maximum absolute atomic E-state index is 13.0. The van der Waals surface area contributed by atoms with Gasteiger partial charge < -0.3 is 10.1 Å². The minimum absolute atomic E-state index is 0.0741. The van der Waals surface area contributed by atoms with Gasteiger partial charge in [0, 0.05) is 44.0 Å². The summed E-state index contributed by atoms with van der Waals surface area (Å²) in [6.07, 6.45) is 0. The Balaban J connectivity index is 1.59. The van der Waals surface area contributed by atoms with Gasteiger partial charge in [0.1, 0.15) is 5.75 Å². The zero-order chi connectivity index (χ0) is 22.5. The number of methoxy groups -OCH3 is 1. The van der Waals surface area contributed by atoms with Crippen molar-refractivity contribution in [3.63, 3.8) is 0 Å². The molecule has 1 atom stereocenters. The summed E-state index contributed by atoms with van der Waals surface area (Å²) < 4.78 is 5.54. The number of benzene rings is 2. The molecule has 5 nitrogen and oxygen atoms in total. The minimum Gasteiger partial charge on any atom is -0.496 e. The third-order valence-electron chi connectivity index (χ3n) is 6.34. The Labute approximate surface area is 187 Å². The molecule has 0 bridgehead atoms.